The number of carbonyl (C=O) groups is 1. The van der Waals surface area contributed by atoms with Crippen molar-refractivity contribution >= 4 is 16.9 Å². The van der Waals surface area contributed by atoms with Crippen molar-refractivity contribution in [1.82, 2.24) is 4.98 Å². The number of ether oxygens (including phenoxy) is 3. The Kier molecular flexibility index (Phi) is 3.50. The van der Waals surface area contributed by atoms with Gasteiger partial charge in [0.1, 0.15) is 22.8 Å². The number of hydrogen-bond acceptors (Lipinski definition) is 5. The molecule has 0 aliphatic rings. The van der Waals surface area contributed by atoms with Gasteiger partial charge in [0.05, 0.1) is 21.3 Å². The van der Waals surface area contributed by atoms with Gasteiger partial charge < -0.3 is 14.2 Å². The molecule has 0 aliphatic heterocycles. The lowest BCUT2D eigenvalue weighted by Gasteiger charge is -2.10. The molecule has 6 heteroatoms. The predicted octanol–water partition coefficient (Wildman–Crippen LogP) is 2.18. The van der Waals surface area contributed by atoms with E-state index in [1.807, 2.05) is 0 Å². The summed E-state index contributed by atoms with van der Waals surface area (Å²) in [6, 6.07) is 3.85. The average Bonchev–Trinajstić information content (AvgIpc) is 2.44. The van der Waals surface area contributed by atoms with Crippen LogP contribution in [0, 0.1) is 5.82 Å². The molecule has 0 bridgehead atoms. The number of benzene rings is 1. The number of methoxy groups -OCH3 is 3. The topological polar surface area (TPSA) is 57.7 Å². The summed E-state index contributed by atoms with van der Waals surface area (Å²) >= 11 is 0. The number of carbonyl (C=O) groups excluding carboxylic acids is 1. The van der Waals surface area contributed by atoms with E-state index in [9.17, 15) is 9.18 Å². The van der Waals surface area contributed by atoms with Crippen LogP contribution in [0.4, 0.5) is 4.39 Å². The molecule has 0 saturated carbocycles. The highest BCUT2D eigenvalue weighted by Crippen LogP contribution is 2.32. The summed E-state index contributed by atoms with van der Waals surface area (Å²) in [7, 11) is 4.07. The highest BCUT2D eigenvalue weighted by Gasteiger charge is 2.16. The molecule has 100 valence electrons. The second kappa shape index (κ2) is 5.09. The van der Waals surface area contributed by atoms with Crippen molar-refractivity contribution < 1.29 is 23.4 Å². The molecule has 0 fully saturated rings. The van der Waals surface area contributed by atoms with Gasteiger partial charge in [-0.3, -0.25) is 0 Å². The van der Waals surface area contributed by atoms with Crippen LogP contribution in [0.2, 0.25) is 0 Å². The fraction of sp³-hybridized carbons (Fsp3) is 0.231. The maximum atomic E-state index is 13.5. The van der Waals surface area contributed by atoms with Crippen molar-refractivity contribution in [2.45, 2.75) is 0 Å². The lowest BCUT2D eigenvalue weighted by molar-refractivity contribution is 0.0594. The molecule has 1 heterocycles. The molecule has 0 aliphatic carbocycles. The van der Waals surface area contributed by atoms with Gasteiger partial charge in [-0.05, 0) is 6.07 Å². The molecule has 0 N–H and O–H groups in total. The monoisotopic (exact) mass is 265 g/mol. The third kappa shape index (κ3) is 2.29. The lowest BCUT2D eigenvalue weighted by Crippen LogP contribution is -2.06. The summed E-state index contributed by atoms with van der Waals surface area (Å²) in [5, 5.41) is 0.423. The van der Waals surface area contributed by atoms with Crippen LogP contribution in [0.3, 0.4) is 0 Å². The van der Waals surface area contributed by atoms with Crippen LogP contribution in [-0.4, -0.2) is 32.3 Å². The van der Waals surface area contributed by atoms with Gasteiger partial charge in [0.25, 0.3) is 0 Å². The van der Waals surface area contributed by atoms with Crippen molar-refractivity contribution in [3.63, 3.8) is 0 Å². The number of aromatic nitrogens is 1. The maximum absolute atomic E-state index is 13.5. The Hall–Kier alpha value is -2.37. The van der Waals surface area contributed by atoms with Gasteiger partial charge in [0, 0.05) is 17.5 Å². The maximum Gasteiger partial charge on any atom is 0.356 e. The van der Waals surface area contributed by atoms with Crippen molar-refractivity contribution in [1.29, 1.82) is 0 Å². The molecule has 1 aromatic carbocycles. The number of pyridine rings is 1. The second-order valence-electron chi connectivity index (χ2n) is 3.71. The van der Waals surface area contributed by atoms with Crippen LogP contribution >= 0.6 is 0 Å². The zero-order chi connectivity index (χ0) is 14.0. The Morgan fingerprint density at radius 3 is 2.37 bits per heavy atom. The van der Waals surface area contributed by atoms with Crippen molar-refractivity contribution in [3.8, 4) is 11.5 Å². The first kappa shape index (κ1) is 13.1. The number of nitrogens with zero attached hydrogens (tertiary/aromatic N) is 1. The highest BCUT2D eigenvalue weighted by atomic mass is 19.1. The van der Waals surface area contributed by atoms with E-state index in [1.165, 1.54) is 39.5 Å². The predicted molar refractivity (Wildman–Crippen MR) is 66.1 cm³/mol. The summed E-state index contributed by atoms with van der Waals surface area (Å²) in [6.45, 7) is 0. The van der Waals surface area contributed by atoms with Crippen molar-refractivity contribution in [2.24, 2.45) is 0 Å². The molecule has 0 radical (unpaired) electrons. The van der Waals surface area contributed by atoms with Gasteiger partial charge in [-0.25, -0.2) is 14.2 Å². The highest BCUT2D eigenvalue weighted by molar-refractivity contribution is 5.96. The van der Waals surface area contributed by atoms with Gasteiger partial charge in [0.15, 0.2) is 5.69 Å². The summed E-state index contributed by atoms with van der Waals surface area (Å²) in [5.74, 6) is -0.538. The quantitative estimate of drug-likeness (QED) is 0.796. The fourth-order valence-corrected chi connectivity index (χ4v) is 1.77. The van der Waals surface area contributed by atoms with E-state index in [0.717, 1.165) is 0 Å². The van der Waals surface area contributed by atoms with Crippen molar-refractivity contribution in [2.75, 3.05) is 21.3 Å². The number of halogens is 1. The molecule has 0 unspecified atom stereocenters. The molecular formula is C13H12FNO4. The van der Waals surface area contributed by atoms with E-state index in [4.69, 9.17) is 9.47 Å². The first-order valence-corrected chi connectivity index (χ1v) is 5.41. The van der Waals surface area contributed by atoms with Crippen LogP contribution in [-0.2, 0) is 4.74 Å². The minimum atomic E-state index is -0.605. The van der Waals surface area contributed by atoms with Gasteiger partial charge in [-0.2, -0.15) is 0 Å². The smallest absolute Gasteiger partial charge is 0.356 e. The van der Waals surface area contributed by atoms with E-state index in [0.29, 0.717) is 16.7 Å². The van der Waals surface area contributed by atoms with Gasteiger partial charge in [0.2, 0.25) is 0 Å². The zero-order valence-corrected chi connectivity index (χ0v) is 10.7. The number of rotatable bonds is 3. The summed E-state index contributed by atoms with van der Waals surface area (Å²) in [6.07, 6.45) is 0. The van der Waals surface area contributed by atoms with Crippen molar-refractivity contribution in [3.05, 3.63) is 29.7 Å². The van der Waals surface area contributed by atoms with Gasteiger partial charge in [-0.15, -0.1) is 0 Å². The van der Waals surface area contributed by atoms with Crippen LogP contribution in [0.15, 0.2) is 18.2 Å². The molecular weight excluding hydrogens is 253 g/mol. The van der Waals surface area contributed by atoms with Gasteiger partial charge >= 0.3 is 5.97 Å². The Morgan fingerprint density at radius 2 is 1.79 bits per heavy atom. The zero-order valence-electron chi connectivity index (χ0n) is 10.7. The SMILES string of the molecule is COC(=O)c1cc(OC)c2cc(F)cc(OC)c2n1. The van der Waals surface area contributed by atoms with E-state index in [2.05, 4.69) is 9.72 Å². The Bertz CT molecular complexity index is 642. The summed E-state index contributed by atoms with van der Waals surface area (Å²) in [5.41, 5.74) is 0.403. The summed E-state index contributed by atoms with van der Waals surface area (Å²) < 4.78 is 28.3. The van der Waals surface area contributed by atoms with E-state index < -0.39 is 11.8 Å². The number of esters is 1. The Labute approximate surface area is 108 Å². The van der Waals surface area contributed by atoms with Gasteiger partial charge in [-0.1, -0.05) is 0 Å². The molecule has 1 aromatic heterocycles. The third-order valence-corrected chi connectivity index (χ3v) is 2.64. The minimum Gasteiger partial charge on any atom is -0.496 e. The van der Waals surface area contributed by atoms with E-state index in [-0.39, 0.29) is 11.4 Å². The van der Waals surface area contributed by atoms with Crippen LogP contribution in [0.25, 0.3) is 10.9 Å². The molecule has 0 saturated heterocycles. The summed E-state index contributed by atoms with van der Waals surface area (Å²) in [4.78, 5) is 15.7. The average molecular weight is 265 g/mol. The third-order valence-electron chi connectivity index (χ3n) is 2.64. The number of fused-ring (bicyclic) bond motifs is 1. The first-order valence-electron chi connectivity index (χ1n) is 5.41. The number of hydrogen-bond donors (Lipinski definition) is 0. The first-order chi connectivity index (χ1) is 9.10. The molecule has 2 aromatic rings. The fourth-order valence-electron chi connectivity index (χ4n) is 1.77. The van der Waals surface area contributed by atoms with Crippen LogP contribution in [0.1, 0.15) is 10.5 Å². The Morgan fingerprint density at radius 1 is 1.11 bits per heavy atom. The van der Waals surface area contributed by atoms with Crippen LogP contribution < -0.4 is 9.47 Å². The minimum absolute atomic E-state index is 0.0664. The largest absolute Gasteiger partial charge is 0.496 e. The molecule has 5 nitrogen and oxygen atoms in total. The van der Waals surface area contributed by atoms with E-state index in [1.54, 1.807) is 0 Å². The molecule has 2 rings (SSSR count). The second-order valence-corrected chi connectivity index (χ2v) is 3.71. The molecule has 0 atom stereocenters. The normalized spacial score (nSPS) is 10.3. The Balaban J connectivity index is 2.80. The molecule has 19 heavy (non-hydrogen) atoms. The lowest BCUT2D eigenvalue weighted by atomic mass is 10.1. The molecule has 0 amide bonds. The van der Waals surface area contributed by atoms with E-state index >= 15 is 0 Å². The molecule has 0 spiro atoms. The van der Waals surface area contributed by atoms with Crippen LogP contribution in [0.5, 0.6) is 11.5 Å². The standard InChI is InChI=1S/C13H12FNO4/c1-17-10-6-9(13(16)19-3)15-12-8(10)4-7(14)5-11(12)18-2/h4-6H,1-3H3.